The van der Waals surface area contributed by atoms with Gasteiger partial charge in [0.05, 0.1) is 13.7 Å². The molecule has 5 heterocycles. The highest BCUT2D eigenvalue weighted by molar-refractivity contribution is 7.13. The average Bonchev–Trinajstić information content (AvgIpc) is 3.60. The van der Waals surface area contributed by atoms with Crippen molar-refractivity contribution >= 4 is 46.5 Å². The number of pyridine rings is 1. The third-order valence-electron chi connectivity index (χ3n) is 9.13. The number of halogens is 2. The number of methoxy groups -OCH3 is 1. The number of piperidine rings is 3. The molecule has 7 rings (SSSR count). The maximum Gasteiger partial charge on any atom is 0.348 e. The molecule has 2 aromatic heterocycles. The number of thiophene rings is 1. The Hall–Kier alpha value is -3.87. The van der Waals surface area contributed by atoms with Crippen LogP contribution in [0.3, 0.4) is 0 Å². The van der Waals surface area contributed by atoms with Gasteiger partial charge in [0, 0.05) is 30.0 Å². The van der Waals surface area contributed by atoms with E-state index in [1.54, 1.807) is 31.4 Å². The van der Waals surface area contributed by atoms with Crippen LogP contribution >= 0.6 is 34.5 Å². The van der Waals surface area contributed by atoms with E-state index in [9.17, 15) is 14.8 Å². The van der Waals surface area contributed by atoms with Gasteiger partial charge in [-0.05, 0) is 74.2 Å². The molecule has 4 aromatic rings. The largest absolute Gasteiger partial charge is 0.619 e. The SMILES string of the molecule is CCOc1cc(C(Cc2c(Cl)c[n+]([O-])cc2Cl)OC(=O)c2ccc(CNC(C(=O)O[C@H]3CN4CCC3CC4)c3ccccc3)s2)ccc1OC. The van der Waals surface area contributed by atoms with Gasteiger partial charge in [-0.25, -0.2) is 9.59 Å². The van der Waals surface area contributed by atoms with Crippen LogP contribution in [0.4, 0.5) is 0 Å². The van der Waals surface area contributed by atoms with Gasteiger partial charge in [-0.2, -0.15) is 4.73 Å². The van der Waals surface area contributed by atoms with E-state index in [0.29, 0.717) is 51.3 Å². The van der Waals surface area contributed by atoms with Crippen molar-refractivity contribution in [3.05, 3.63) is 115 Å². The standard InChI is InChI=1S/C37H39Cl2N3O7S/c1-3-47-32-17-25(9-11-30(32)46-2)31(18-27-28(38)20-42(45)21-29(27)39)48-36(43)34-12-10-26(50-34)19-40-35(24-7-5-4-6-8-24)37(44)49-33-22-41-15-13-23(33)14-16-41/h4-12,17,20-21,23,31,33,35,40H,3,13-16,18-19,22H2,1-2H3/t31?,33-,35?/m0/s1. The molecule has 1 N–H and O–H groups in total. The molecule has 2 unspecified atom stereocenters. The average molecular weight is 741 g/mol. The second kappa shape index (κ2) is 16.4. The Labute approximate surface area is 305 Å². The number of hydrogen-bond acceptors (Lipinski definition) is 10. The van der Waals surface area contributed by atoms with Crippen LogP contribution in [0, 0.1) is 11.1 Å². The van der Waals surface area contributed by atoms with Gasteiger partial charge in [0.25, 0.3) is 0 Å². The van der Waals surface area contributed by atoms with E-state index in [1.165, 1.54) is 23.7 Å². The monoisotopic (exact) mass is 739 g/mol. The number of aromatic nitrogens is 1. The number of esters is 2. The number of ether oxygens (including phenoxy) is 4. The Morgan fingerprint density at radius 3 is 2.42 bits per heavy atom. The first kappa shape index (κ1) is 35.9. The van der Waals surface area contributed by atoms with E-state index in [-0.39, 0.29) is 28.5 Å². The first-order valence-corrected chi connectivity index (χ1v) is 18.2. The number of rotatable bonds is 14. The minimum Gasteiger partial charge on any atom is -0.619 e. The van der Waals surface area contributed by atoms with Crippen LogP contribution in [0.2, 0.25) is 10.0 Å². The molecular formula is C37H39Cl2N3O7S. The fraction of sp³-hybridized carbons (Fsp3) is 0.378. The van der Waals surface area contributed by atoms with Crippen molar-refractivity contribution in [3.8, 4) is 11.5 Å². The third-order valence-corrected chi connectivity index (χ3v) is 10.8. The highest BCUT2D eigenvalue weighted by Gasteiger charge is 2.38. The molecule has 2 aromatic carbocycles. The molecule has 0 radical (unpaired) electrons. The van der Waals surface area contributed by atoms with Crippen molar-refractivity contribution in [1.29, 1.82) is 0 Å². The number of nitrogens with zero attached hydrogens (tertiary/aromatic N) is 2. The fourth-order valence-corrected chi connectivity index (χ4v) is 7.96. The second-order valence-corrected chi connectivity index (χ2v) is 14.3. The summed E-state index contributed by atoms with van der Waals surface area (Å²) in [4.78, 5) is 30.8. The Morgan fingerprint density at radius 1 is 1.02 bits per heavy atom. The first-order chi connectivity index (χ1) is 24.2. The number of nitrogens with one attached hydrogen (secondary N) is 1. The van der Waals surface area contributed by atoms with E-state index in [2.05, 4.69) is 10.2 Å². The number of benzene rings is 2. The Kier molecular flexibility index (Phi) is 11.8. The van der Waals surface area contributed by atoms with Crippen molar-refractivity contribution in [2.24, 2.45) is 5.92 Å². The second-order valence-electron chi connectivity index (χ2n) is 12.3. The van der Waals surface area contributed by atoms with Gasteiger partial charge in [-0.1, -0.05) is 59.6 Å². The fourth-order valence-electron chi connectivity index (χ4n) is 6.52. The van der Waals surface area contributed by atoms with Gasteiger partial charge >= 0.3 is 11.9 Å². The van der Waals surface area contributed by atoms with Crippen molar-refractivity contribution in [2.45, 2.75) is 51.0 Å². The number of hydrogen-bond donors (Lipinski definition) is 1. The van der Waals surface area contributed by atoms with Crippen LogP contribution in [0.5, 0.6) is 11.5 Å². The summed E-state index contributed by atoms with van der Waals surface area (Å²) in [5, 5.41) is 15.6. The highest BCUT2D eigenvalue weighted by Crippen LogP contribution is 2.36. The van der Waals surface area contributed by atoms with Crippen molar-refractivity contribution in [1.82, 2.24) is 10.2 Å². The number of fused-ring (bicyclic) bond motifs is 3. The molecular weight excluding hydrogens is 701 g/mol. The summed E-state index contributed by atoms with van der Waals surface area (Å²) in [5.74, 6) is 0.557. The molecule has 2 bridgehead atoms. The molecule has 0 amide bonds. The minimum absolute atomic E-state index is 0.0996. The zero-order valence-corrected chi connectivity index (χ0v) is 30.1. The summed E-state index contributed by atoms with van der Waals surface area (Å²) in [7, 11) is 1.54. The lowest BCUT2D eigenvalue weighted by Gasteiger charge is -2.44. The zero-order valence-electron chi connectivity index (χ0n) is 27.8. The van der Waals surface area contributed by atoms with E-state index in [1.807, 2.05) is 43.3 Å². The van der Waals surface area contributed by atoms with Crippen LogP contribution in [-0.2, 0) is 27.2 Å². The first-order valence-electron chi connectivity index (χ1n) is 16.6. The molecule has 13 heteroatoms. The maximum absolute atomic E-state index is 13.7. The Balaban J connectivity index is 1.18. The van der Waals surface area contributed by atoms with Crippen LogP contribution in [-0.4, -0.2) is 56.3 Å². The summed E-state index contributed by atoms with van der Waals surface area (Å²) in [6.45, 7) is 5.49. The van der Waals surface area contributed by atoms with Crippen LogP contribution in [0.1, 0.15) is 63.2 Å². The highest BCUT2D eigenvalue weighted by atomic mass is 35.5. The van der Waals surface area contributed by atoms with E-state index in [4.69, 9.17) is 42.1 Å². The Bertz CT molecular complexity index is 1780. The van der Waals surface area contributed by atoms with Crippen LogP contribution in [0.25, 0.3) is 0 Å². The predicted molar refractivity (Wildman–Crippen MR) is 191 cm³/mol. The third kappa shape index (κ3) is 8.52. The molecule has 3 atom stereocenters. The number of carbonyl (C=O) groups is 2. The molecule has 3 fully saturated rings. The molecule has 3 aliphatic rings. The van der Waals surface area contributed by atoms with E-state index < -0.39 is 18.1 Å². The van der Waals surface area contributed by atoms with E-state index in [0.717, 1.165) is 42.9 Å². The lowest BCUT2D eigenvalue weighted by atomic mass is 9.86. The summed E-state index contributed by atoms with van der Waals surface area (Å²) >= 11 is 14.1. The van der Waals surface area contributed by atoms with Gasteiger partial charge in [-0.15, -0.1) is 11.3 Å². The summed E-state index contributed by atoms with van der Waals surface area (Å²) < 4.78 is 23.9. The lowest BCUT2D eigenvalue weighted by molar-refractivity contribution is -0.605. The van der Waals surface area contributed by atoms with Crippen molar-refractivity contribution in [3.63, 3.8) is 0 Å². The predicted octanol–water partition coefficient (Wildman–Crippen LogP) is 6.70. The zero-order chi connectivity index (χ0) is 35.2. The van der Waals surface area contributed by atoms with Gasteiger partial charge in [0.15, 0.2) is 23.9 Å². The Morgan fingerprint density at radius 2 is 1.76 bits per heavy atom. The number of carbonyl (C=O) groups excluding carboxylic acids is 2. The summed E-state index contributed by atoms with van der Waals surface area (Å²) in [6.07, 6.45) is 3.67. The normalized spacial score (nSPS) is 19.4. The van der Waals surface area contributed by atoms with Gasteiger partial charge in [0.2, 0.25) is 0 Å². The van der Waals surface area contributed by atoms with Crippen molar-refractivity contribution < 1.29 is 33.3 Å². The summed E-state index contributed by atoms with van der Waals surface area (Å²) in [6, 6.07) is 17.7. The summed E-state index contributed by atoms with van der Waals surface area (Å²) in [5.41, 5.74) is 1.89. The lowest BCUT2D eigenvalue weighted by Crippen LogP contribution is -2.52. The minimum atomic E-state index is -0.836. The molecule has 0 spiro atoms. The molecule has 264 valence electrons. The van der Waals surface area contributed by atoms with Gasteiger partial charge in [-0.3, -0.25) is 10.2 Å². The molecule has 0 saturated carbocycles. The van der Waals surface area contributed by atoms with Crippen LogP contribution < -0.4 is 19.5 Å². The maximum atomic E-state index is 13.7. The molecule has 50 heavy (non-hydrogen) atoms. The molecule has 3 aliphatic heterocycles. The smallest absolute Gasteiger partial charge is 0.348 e. The molecule has 10 nitrogen and oxygen atoms in total. The van der Waals surface area contributed by atoms with Gasteiger partial charge < -0.3 is 24.2 Å². The van der Waals surface area contributed by atoms with Crippen LogP contribution in [0.15, 0.2) is 73.1 Å². The van der Waals surface area contributed by atoms with E-state index >= 15 is 0 Å². The molecule has 0 aliphatic carbocycles. The molecule has 3 saturated heterocycles. The quantitative estimate of drug-likeness (QED) is 0.0857. The topological polar surface area (TPSA) is 113 Å². The van der Waals surface area contributed by atoms with Gasteiger partial charge in [0.1, 0.15) is 33.2 Å². The van der Waals surface area contributed by atoms with Crippen molar-refractivity contribution in [2.75, 3.05) is 33.4 Å².